The minimum atomic E-state index is -4.55. The predicted octanol–water partition coefficient (Wildman–Crippen LogP) is 3.06. The van der Waals surface area contributed by atoms with Gasteiger partial charge in [-0.25, -0.2) is 9.97 Å². The quantitative estimate of drug-likeness (QED) is 0.528. The molecule has 0 aliphatic carbocycles. The lowest BCUT2D eigenvalue weighted by Crippen LogP contribution is -2.37. The van der Waals surface area contributed by atoms with E-state index >= 15 is 0 Å². The fraction of sp³-hybridized carbons (Fsp3) is 0.591. The molecule has 0 bridgehead atoms. The highest BCUT2D eigenvalue weighted by Crippen LogP contribution is 2.37. The molecule has 35 heavy (non-hydrogen) atoms. The Labute approximate surface area is 204 Å². The number of nitrogens with one attached hydrogen (secondary N) is 2. The van der Waals surface area contributed by atoms with E-state index in [2.05, 4.69) is 33.8 Å². The van der Waals surface area contributed by atoms with Crippen LogP contribution in [0.15, 0.2) is 6.07 Å². The Morgan fingerprint density at radius 3 is 2.83 bits per heavy atom. The molecule has 1 unspecified atom stereocenters. The van der Waals surface area contributed by atoms with Crippen LogP contribution in [0, 0.1) is 5.92 Å². The topological polar surface area (TPSA) is 101 Å². The maximum absolute atomic E-state index is 13.3. The van der Waals surface area contributed by atoms with Crippen molar-refractivity contribution in [2.24, 2.45) is 5.92 Å². The molecule has 5 heterocycles. The summed E-state index contributed by atoms with van der Waals surface area (Å²) >= 11 is 1.60. The van der Waals surface area contributed by atoms with Crippen molar-refractivity contribution in [2.45, 2.75) is 58.4 Å². The summed E-state index contributed by atoms with van der Waals surface area (Å²) in [7, 11) is 0. The van der Waals surface area contributed by atoms with Crippen LogP contribution in [0.1, 0.15) is 55.1 Å². The van der Waals surface area contributed by atoms with E-state index in [0.29, 0.717) is 18.2 Å². The van der Waals surface area contributed by atoms with Crippen LogP contribution >= 0.6 is 11.3 Å². The molecule has 2 aliphatic heterocycles. The lowest BCUT2D eigenvalue weighted by molar-refractivity contribution is -0.147. The monoisotopic (exact) mass is 508 g/mol. The van der Waals surface area contributed by atoms with E-state index in [9.17, 15) is 18.0 Å². The number of hydrogen-bond donors (Lipinski definition) is 2. The highest BCUT2D eigenvalue weighted by Gasteiger charge is 2.40. The second-order valence-corrected chi connectivity index (χ2v) is 10.1. The van der Waals surface area contributed by atoms with Gasteiger partial charge in [-0.2, -0.15) is 13.2 Å². The number of carbonyl (C=O) groups is 1. The first-order valence-corrected chi connectivity index (χ1v) is 12.6. The number of aromatic nitrogens is 5. The van der Waals surface area contributed by atoms with Gasteiger partial charge < -0.3 is 20.1 Å². The molecule has 2 aliphatic rings. The molecule has 2 atom stereocenters. The van der Waals surface area contributed by atoms with Crippen molar-refractivity contribution >= 4 is 33.3 Å². The van der Waals surface area contributed by atoms with E-state index in [0.717, 1.165) is 47.1 Å². The molecule has 0 spiro atoms. The van der Waals surface area contributed by atoms with E-state index in [4.69, 9.17) is 9.97 Å². The maximum Gasteiger partial charge on any atom is 0.451 e. The van der Waals surface area contributed by atoms with E-state index < -0.39 is 12.0 Å². The molecule has 0 aromatic carbocycles. The van der Waals surface area contributed by atoms with Gasteiger partial charge >= 0.3 is 6.18 Å². The number of rotatable bonds is 6. The van der Waals surface area contributed by atoms with Gasteiger partial charge in [0.25, 0.3) is 0 Å². The Kier molecular flexibility index (Phi) is 6.38. The first-order valence-electron chi connectivity index (χ1n) is 11.8. The number of nitrogens with zero attached hydrogens (tertiary/aromatic N) is 6. The molecule has 5 rings (SSSR count). The number of carbonyl (C=O) groups excluding carboxylic acids is 1. The number of alkyl halides is 3. The maximum atomic E-state index is 13.3. The molecule has 9 nitrogen and oxygen atoms in total. The predicted molar refractivity (Wildman–Crippen MR) is 125 cm³/mol. The first kappa shape index (κ1) is 23.9. The molecule has 1 saturated heterocycles. The second-order valence-electron chi connectivity index (χ2n) is 9.03. The number of thiophene rings is 1. The SMILES string of the molecule is CCCc1cc2c(N3CCn4c(nnc4C(F)(F)F)C3)nc([C@H](NC(C)=O)C3CCNC3)nc2s1. The third kappa shape index (κ3) is 4.70. The third-order valence-electron chi connectivity index (χ3n) is 6.45. The fourth-order valence-electron chi connectivity index (χ4n) is 4.84. The van der Waals surface area contributed by atoms with Gasteiger partial charge in [-0.05, 0) is 25.5 Å². The van der Waals surface area contributed by atoms with Crippen molar-refractivity contribution in [3.05, 3.63) is 28.4 Å². The molecule has 0 radical (unpaired) electrons. The summed E-state index contributed by atoms with van der Waals surface area (Å²) in [5, 5.41) is 14.5. The van der Waals surface area contributed by atoms with E-state index in [1.165, 1.54) is 11.8 Å². The zero-order chi connectivity index (χ0) is 24.7. The van der Waals surface area contributed by atoms with E-state index in [-0.39, 0.29) is 36.8 Å². The Morgan fingerprint density at radius 2 is 2.14 bits per heavy atom. The van der Waals surface area contributed by atoms with Crippen molar-refractivity contribution < 1.29 is 18.0 Å². The fourth-order valence-corrected chi connectivity index (χ4v) is 5.97. The Bertz CT molecular complexity index is 1230. The van der Waals surface area contributed by atoms with Crippen LogP contribution in [0.5, 0.6) is 0 Å². The summed E-state index contributed by atoms with van der Waals surface area (Å²) in [6.45, 7) is 5.79. The zero-order valence-corrected chi connectivity index (χ0v) is 20.3. The minimum Gasteiger partial charge on any atom is -0.347 e. The van der Waals surface area contributed by atoms with Crippen molar-refractivity contribution in [2.75, 3.05) is 24.5 Å². The number of amides is 1. The molecule has 188 valence electrons. The molecule has 1 amide bonds. The Hall–Kier alpha value is -2.80. The van der Waals surface area contributed by atoms with Gasteiger partial charge in [0.05, 0.1) is 18.0 Å². The number of halogens is 3. The highest BCUT2D eigenvalue weighted by atomic mass is 32.1. The number of fused-ring (bicyclic) bond motifs is 2. The molecule has 3 aromatic rings. The first-order chi connectivity index (χ1) is 16.7. The lowest BCUT2D eigenvalue weighted by Gasteiger charge is -2.30. The summed E-state index contributed by atoms with van der Waals surface area (Å²) in [6.07, 6.45) is -1.77. The van der Waals surface area contributed by atoms with Crippen LogP contribution in [0.2, 0.25) is 0 Å². The largest absolute Gasteiger partial charge is 0.451 e. The van der Waals surface area contributed by atoms with Crippen LogP contribution in [-0.4, -0.2) is 50.3 Å². The van der Waals surface area contributed by atoms with Gasteiger partial charge in [-0.15, -0.1) is 21.5 Å². The zero-order valence-electron chi connectivity index (χ0n) is 19.5. The van der Waals surface area contributed by atoms with Crippen molar-refractivity contribution in [1.82, 2.24) is 35.4 Å². The van der Waals surface area contributed by atoms with Gasteiger partial charge in [0.1, 0.15) is 10.6 Å². The molecule has 3 aromatic heterocycles. The average molecular weight is 509 g/mol. The van der Waals surface area contributed by atoms with Crippen LogP contribution < -0.4 is 15.5 Å². The Balaban J connectivity index is 1.57. The lowest BCUT2D eigenvalue weighted by atomic mass is 9.98. The summed E-state index contributed by atoms with van der Waals surface area (Å²) in [6, 6.07) is 1.72. The number of anilines is 1. The summed E-state index contributed by atoms with van der Waals surface area (Å²) < 4.78 is 41.1. The molecular weight excluding hydrogens is 481 g/mol. The minimum absolute atomic E-state index is 0.103. The number of hydrogen-bond acceptors (Lipinski definition) is 8. The van der Waals surface area contributed by atoms with Crippen LogP contribution in [0.4, 0.5) is 19.0 Å². The molecule has 0 saturated carbocycles. The Morgan fingerprint density at radius 1 is 1.31 bits per heavy atom. The van der Waals surface area contributed by atoms with E-state index in [1.807, 2.05) is 4.90 Å². The van der Waals surface area contributed by atoms with Crippen molar-refractivity contribution in [3.63, 3.8) is 0 Å². The number of aryl methyl sites for hydroxylation is 1. The second kappa shape index (κ2) is 9.34. The van der Waals surface area contributed by atoms with Gasteiger partial charge in [-0.3, -0.25) is 4.79 Å². The smallest absolute Gasteiger partial charge is 0.347 e. The molecule has 2 N–H and O–H groups in total. The van der Waals surface area contributed by atoms with Gasteiger partial charge in [0.2, 0.25) is 11.7 Å². The summed E-state index contributed by atoms with van der Waals surface area (Å²) in [5.74, 6) is 0.464. The van der Waals surface area contributed by atoms with E-state index in [1.54, 1.807) is 11.3 Å². The summed E-state index contributed by atoms with van der Waals surface area (Å²) in [5.41, 5.74) is 0. The van der Waals surface area contributed by atoms with Crippen molar-refractivity contribution in [1.29, 1.82) is 0 Å². The third-order valence-corrected chi connectivity index (χ3v) is 7.54. The standard InChI is InChI=1S/C22H27F3N8OS/c1-3-4-14-9-15-19(32-7-8-33-16(11-32)30-31-21(33)22(23,24)25)28-18(29-20(15)35-14)17(27-12(2)34)13-5-6-26-10-13/h9,13,17,26H,3-8,10-11H2,1-2H3,(H,27,34)/t13?,17-/m1/s1. The average Bonchev–Trinajstić information content (AvgIpc) is 3.55. The van der Waals surface area contributed by atoms with Crippen LogP contribution in [0.3, 0.4) is 0 Å². The van der Waals surface area contributed by atoms with Crippen LogP contribution in [-0.2, 0) is 30.5 Å². The van der Waals surface area contributed by atoms with Gasteiger partial charge in [0, 0.05) is 37.4 Å². The van der Waals surface area contributed by atoms with Gasteiger partial charge in [-0.1, -0.05) is 13.3 Å². The highest BCUT2D eigenvalue weighted by molar-refractivity contribution is 7.18. The van der Waals surface area contributed by atoms with Crippen molar-refractivity contribution in [3.8, 4) is 0 Å². The summed E-state index contributed by atoms with van der Waals surface area (Å²) in [4.78, 5) is 25.8. The van der Waals surface area contributed by atoms with Crippen LogP contribution in [0.25, 0.3) is 10.2 Å². The molecule has 13 heteroatoms. The normalized spacial score (nSPS) is 19.2. The molecule has 1 fully saturated rings. The van der Waals surface area contributed by atoms with Gasteiger partial charge in [0.15, 0.2) is 11.6 Å². The molecular formula is C22H27F3N8OS.